The normalized spacial score (nSPS) is 11.3. The lowest BCUT2D eigenvalue weighted by molar-refractivity contribution is 0.0657. The second-order valence-corrected chi connectivity index (χ2v) is 6.58. The quantitative estimate of drug-likeness (QED) is 0.910. The summed E-state index contributed by atoms with van der Waals surface area (Å²) in [5.41, 5.74) is 0.522. The van der Waals surface area contributed by atoms with E-state index in [9.17, 15) is 13.2 Å². The molecule has 0 aliphatic rings. The summed E-state index contributed by atoms with van der Waals surface area (Å²) in [7, 11) is -3.24. The van der Waals surface area contributed by atoms with E-state index < -0.39 is 15.8 Å². The van der Waals surface area contributed by atoms with Crippen LogP contribution >= 0.6 is 0 Å². The van der Waals surface area contributed by atoms with Crippen molar-refractivity contribution in [3.63, 3.8) is 0 Å². The van der Waals surface area contributed by atoms with Crippen LogP contribution in [0.25, 0.3) is 0 Å². The van der Waals surface area contributed by atoms with E-state index in [0.717, 1.165) is 6.26 Å². The molecule has 0 saturated heterocycles. The van der Waals surface area contributed by atoms with E-state index in [1.54, 1.807) is 13.0 Å². The van der Waals surface area contributed by atoms with Crippen molar-refractivity contribution >= 4 is 15.8 Å². The molecule has 0 saturated carbocycles. The van der Waals surface area contributed by atoms with Crippen LogP contribution in [0.1, 0.15) is 21.9 Å². The second kappa shape index (κ2) is 5.61. The number of carboxylic acids is 1. The van der Waals surface area contributed by atoms with Gasteiger partial charge in [-0.05, 0) is 37.3 Å². The number of carbonyl (C=O) groups is 1. The molecule has 6 nitrogen and oxygen atoms in total. The minimum Gasteiger partial charge on any atom is -0.486 e. The largest absolute Gasteiger partial charge is 0.486 e. The van der Waals surface area contributed by atoms with Gasteiger partial charge in [0.15, 0.2) is 9.84 Å². The third-order valence-electron chi connectivity index (χ3n) is 2.80. The first-order valence-corrected chi connectivity index (χ1v) is 7.92. The monoisotopic (exact) mass is 310 g/mol. The molecule has 0 bridgehead atoms. The van der Waals surface area contributed by atoms with Crippen LogP contribution in [0.4, 0.5) is 0 Å². The summed E-state index contributed by atoms with van der Waals surface area (Å²) in [4.78, 5) is 11.1. The molecule has 0 aliphatic heterocycles. The van der Waals surface area contributed by atoms with Crippen molar-refractivity contribution < 1.29 is 27.5 Å². The number of hydrogen-bond acceptors (Lipinski definition) is 5. The van der Waals surface area contributed by atoms with Crippen LogP contribution in [-0.2, 0) is 16.4 Å². The molecular formula is C14H14O6S. The van der Waals surface area contributed by atoms with Gasteiger partial charge in [0.05, 0.1) is 4.90 Å². The second-order valence-electron chi connectivity index (χ2n) is 4.56. The molecule has 112 valence electrons. The molecule has 1 aromatic carbocycles. The zero-order chi connectivity index (χ0) is 15.6. The smallest absolute Gasteiger partial charge is 0.372 e. The van der Waals surface area contributed by atoms with Gasteiger partial charge in [0.2, 0.25) is 5.76 Å². The van der Waals surface area contributed by atoms with Crippen molar-refractivity contribution in [2.24, 2.45) is 0 Å². The van der Waals surface area contributed by atoms with E-state index in [4.69, 9.17) is 14.3 Å². The molecule has 1 aromatic heterocycles. The number of carboxylic acid groups (broad SMARTS) is 1. The average molecular weight is 310 g/mol. The van der Waals surface area contributed by atoms with Crippen LogP contribution < -0.4 is 4.74 Å². The third-order valence-corrected chi connectivity index (χ3v) is 3.92. The van der Waals surface area contributed by atoms with Crippen molar-refractivity contribution in [2.75, 3.05) is 6.26 Å². The standard InChI is InChI=1S/C14H14O6S/c1-9-7-11(20-13(9)14(15)16)8-19-10-3-5-12(6-4-10)21(2,17)18/h3-7H,8H2,1-2H3,(H,15,16). The Labute approximate surface area is 121 Å². The fourth-order valence-electron chi connectivity index (χ4n) is 1.77. The molecule has 1 heterocycles. The third kappa shape index (κ3) is 3.63. The zero-order valence-electron chi connectivity index (χ0n) is 11.5. The van der Waals surface area contributed by atoms with Crippen LogP contribution in [0.15, 0.2) is 39.6 Å². The van der Waals surface area contributed by atoms with Crippen LogP contribution in [0.2, 0.25) is 0 Å². The molecule has 0 fully saturated rings. The van der Waals surface area contributed by atoms with Gasteiger partial charge in [-0.25, -0.2) is 13.2 Å². The molecular weight excluding hydrogens is 296 g/mol. The molecule has 2 aromatic rings. The van der Waals surface area contributed by atoms with Gasteiger partial charge in [0.1, 0.15) is 18.1 Å². The fourth-order valence-corrected chi connectivity index (χ4v) is 2.40. The number of furan rings is 1. The topological polar surface area (TPSA) is 93.8 Å². The Balaban J connectivity index is 2.06. The van der Waals surface area contributed by atoms with E-state index in [1.165, 1.54) is 24.3 Å². The van der Waals surface area contributed by atoms with E-state index in [-0.39, 0.29) is 17.3 Å². The highest BCUT2D eigenvalue weighted by molar-refractivity contribution is 7.90. The highest BCUT2D eigenvalue weighted by atomic mass is 32.2. The lowest BCUT2D eigenvalue weighted by atomic mass is 10.3. The van der Waals surface area contributed by atoms with Gasteiger partial charge in [0.25, 0.3) is 0 Å². The Morgan fingerprint density at radius 2 is 1.90 bits per heavy atom. The number of benzene rings is 1. The first-order chi connectivity index (χ1) is 9.77. The summed E-state index contributed by atoms with van der Waals surface area (Å²) >= 11 is 0. The van der Waals surface area contributed by atoms with Gasteiger partial charge in [-0.3, -0.25) is 0 Å². The molecule has 0 atom stereocenters. The number of sulfone groups is 1. The predicted molar refractivity (Wildman–Crippen MR) is 74.3 cm³/mol. The van der Waals surface area contributed by atoms with Gasteiger partial charge >= 0.3 is 5.97 Å². The Kier molecular flexibility index (Phi) is 4.04. The number of aromatic carboxylic acids is 1. The molecule has 2 rings (SSSR count). The minimum atomic E-state index is -3.24. The molecule has 0 radical (unpaired) electrons. The van der Waals surface area contributed by atoms with Crippen molar-refractivity contribution in [2.45, 2.75) is 18.4 Å². The van der Waals surface area contributed by atoms with E-state index in [1.807, 2.05) is 0 Å². The maximum Gasteiger partial charge on any atom is 0.372 e. The van der Waals surface area contributed by atoms with Crippen LogP contribution in [0.3, 0.4) is 0 Å². The summed E-state index contributed by atoms with van der Waals surface area (Å²) < 4.78 is 33.2. The fraction of sp³-hybridized carbons (Fsp3) is 0.214. The molecule has 1 N–H and O–H groups in total. The van der Waals surface area contributed by atoms with Gasteiger partial charge < -0.3 is 14.3 Å². The Hall–Kier alpha value is -2.28. The van der Waals surface area contributed by atoms with Gasteiger partial charge in [-0.15, -0.1) is 0 Å². The summed E-state index contributed by atoms with van der Waals surface area (Å²) in [5.74, 6) is -0.386. The maximum absolute atomic E-state index is 11.3. The molecule has 7 heteroatoms. The summed E-state index contributed by atoms with van der Waals surface area (Å²) in [6.45, 7) is 1.70. The van der Waals surface area contributed by atoms with Crippen LogP contribution in [-0.4, -0.2) is 25.7 Å². The number of aryl methyl sites for hydroxylation is 1. The van der Waals surface area contributed by atoms with Gasteiger partial charge in [-0.1, -0.05) is 0 Å². The molecule has 0 spiro atoms. The summed E-state index contributed by atoms with van der Waals surface area (Å²) in [5, 5.41) is 8.88. The Morgan fingerprint density at radius 1 is 1.29 bits per heavy atom. The molecule has 21 heavy (non-hydrogen) atoms. The molecule has 0 aliphatic carbocycles. The zero-order valence-corrected chi connectivity index (χ0v) is 12.3. The van der Waals surface area contributed by atoms with Crippen molar-refractivity contribution in [3.8, 4) is 5.75 Å². The van der Waals surface area contributed by atoms with Crippen molar-refractivity contribution in [3.05, 3.63) is 47.4 Å². The number of rotatable bonds is 5. The first kappa shape index (κ1) is 15.1. The highest BCUT2D eigenvalue weighted by Crippen LogP contribution is 2.19. The maximum atomic E-state index is 11.3. The number of hydrogen-bond donors (Lipinski definition) is 1. The molecule has 0 unspecified atom stereocenters. The Bertz CT molecular complexity index is 755. The summed E-state index contributed by atoms with van der Waals surface area (Å²) in [6, 6.07) is 7.55. The van der Waals surface area contributed by atoms with E-state index >= 15 is 0 Å². The van der Waals surface area contributed by atoms with Crippen LogP contribution in [0, 0.1) is 6.92 Å². The van der Waals surface area contributed by atoms with Crippen LogP contribution in [0.5, 0.6) is 5.75 Å². The lowest BCUT2D eigenvalue weighted by Crippen LogP contribution is -1.98. The van der Waals surface area contributed by atoms with Crippen molar-refractivity contribution in [1.82, 2.24) is 0 Å². The minimum absolute atomic E-state index is 0.0618. The number of ether oxygens (including phenoxy) is 1. The summed E-state index contributed by atoms with van der Waals surface area (Å²) in [6.07, 6.45) is 1.13. The highest BCUT2D eigenvalue weighted by Gasteiger charge is 2.14. The molecule has 0 amide bonds. The van der Waals surface area contributed by atoms with E-state index in [0.29, 0.717) is 17.1 Å². The van der Waals surface area contributed by atoms with Gasteiger partial charge in [-0.2, -0.15) is 0 Å². The Morgan fingerprint density at radius 3 is 2.38 bits per heavy atom. The SMILES string of the molecule is Cc1cc(COc2ccc(S(C)(=O)=O)cc2)oc1C(=O)O. The van der Waals surface area contributed by atoms with E-state index in [2.05, 4.69) is 0 Å². The predicted octanol–water partition coefficient (Wildman–Crippen LogP) is 2.27. The average Bonchev–Trinajstić information content (AvgIpc) is 2.77. The first-order valence-electron chi connectivity index (χ1n) is 6.03. The van der Waals surface area contributed by atoms with Gasteiger partial charge in [0, 0.05) is 11.8 Å². The lowest BCUT2D eigenvalue weighted by Gasteiger charge is -2.05. The van der Waals surface area contributed by atoms with Crippen molar-refractivity contribution in [1.29, 1.82) is 0 Å².